The monoisotopic (exact) mass is 252 g/mol. The lowest BCUT2D eigenvalue weighted by molar-refractivity contribution is 0.0112. The predicted molar refractivity (Wildman–Crippen MR) is 68.8 cm³/mol. The molecule has 0 amide bonds. The smallest absolute Gasteiger partial charge is 0.141 e. The Hall–Kier alpha value is -1.00. The summed E-state index contributed by atoms with van der Waals surface area (Å²) < 4.78 is 18.4. The molecule has 2 rings (SSSR count). The molecule has 4 heteroatoms. The minimum Gasteiger partial charge on any atom is -0.378 e. The number of hydrogen-bond donors (Lipinski definition) is 1. The topological polar surface area (TPSA) is 34.1 Å². The van der Waals surface area contributed by atoms with Crippen LogP contribution in [0.1, 0.15) is 44.3 Å². The molecule has 1 fully saturated rings. The molecule has 1 saturated heterocycles. The van der Waals surface area contributed by atoms with Crippen LogP contribution in [0, 0.1) is 5.82 Å². The predicted octanol–water partition coefficient (Wildman–Crippen LogP) is 2.83. The summed E-state index contributed by atoms with van der Waals surface area (Å²) in [6, 6.07) is 3.32. The van der Waals surface area contributed by atoms with E-state index in [1.54, 1.807) is 6.07 Å². The molecular formula is C14H21FN2O. The number of rotatable bonds is 5. The highest BCUT2D eigenvalue weighted by molar-refractivity contribution is 5.08. The van der Waals surface area contributed by atoms with Gasteiger partial charge < -0.3 is 10.1 Å². The second kappa shape index (κ2) is 6.81. The average molecular weight is 252 g/mol. The minimum absolute atomic E-state index is 0.147. The molecule has 1 aromatic heterocycles. The van der Waals surface area contributed by atoms with Gasteiger partial charge in [-0.15, -0.1) is 0 Å². The summed E-state index contributed by atoms with van der Waals surface area (Å²) in [5, 5.41) is 3.40. The van der Waals surface area contributed by atoms with Gasteiger partial charge >= 0.3 is 0 Å². The Morgan fingerprint density at radius 3 is 3.06 bits per heavy atom. The van der Waals surface area contributed by atoms with Crippen LogP contribution in [0.25, 0.3) is 0 Å². The van der Waals surface area contributed by atoms with Gasteiger partial charge in [0.25, 0.3) is 0 Å². The average Bonchev–Trinajstić information content (AvgIpc) is 2.40. The van der Waals surface area contributed by atoms with Gasteiger partial charge in [0, 0.05) is 12.6 Å². The molecule has 0 bridgehead atoms. The third-order valence-corrected chi connectivity index (χ3v) is 3.38. The normalized spacial score (nSPS) is 21.8. The second-order valence-electron chi connectivity index (χ2n) is 4.85. The van der Waals surface area contributed by atoms with E-state index < -0.39 is 0 Å². The molecule has 1 aliphatic heterocycles. The molecule has 18 heavy (non-hydrogen) atoms. The van der Waals surface area contributed by atoms with E-state index in [4.69, 9.17) is 4.74 Å². The minimum atomic E-state index is -0.290. The van der Waals surface area contributed by atoms with E-state index >= 15 is 0 Å². The summed E-state index contributed by atoms with van der Waals surface area (Å²) in [4.78, 5) is 4.07. The third kappa shape index (κ3) is 4.03. The summed E-state index contributed by atoms with van der Waals surface area (Å²) >= 11 is 0. The van der Waals surface area contributed by atoms with Crippen molar-refractivity contribution in [1.82, 2.24) is 10.3 Å². The standard InChI is InChI=1S/C14H21FN2O/c1-11(14-6-5-12(15)10-17-14)16-8-7-13-4-2-3-9-18-13/h5-6,10-11,13,16H,2-4,7-9H2,1H3. The Morgan fingerprint density at radius 2 is 2.39 bits per heavy atom. The van der Waals surface area contributed by atoms with Crippen LogP contribution in [0.4, 0.5) is 4.39 Å². The van der Waals surface area contributed by atoms with Gasteiger partial charge in [0.1, 0.15) is 5.82 Å². The second-order valence-corrected chi connectivity index (χ2v) is 4.85. The summed E-state index contributed by atoms with van der Waals surface area (Å²) in [6.07, 6.45) is 6.34. The summed E-state index contributed by atoms with van der Waals surface area (Å²) in [5.74, 6) is -0.290. The first-order chi connectivity index (χ1) is 8.75. The summed E-state index contributed by atoms with van der Waals surface area (Å²) in [7, 11) is 0. The molecule has 0 radical (unpaired) electrons. The number of hydrogen-bond acceptors (Lipinski definition) is 3. The molecule has 1 aliphatic rings. The van der Waals surface area contributed by atoms with E-state index in [0.717, 1.165) is 25.3 Å². The van der Waals surface area contributed by atoms with Crippen molar-refractivity contribution in [2.24, 2.45) is 0 Å². The lowest BCUT2D eigenvalue weighted by Crippen LogP contribution is -2.27. The first-order valence-corrected chi connectivity index (χ1v) is 6.72. The molecule has 0 spiro atoms. The molecule has 3 nitrogen and oxygen atoms in total. The Kier molecular flexibility index (Phi) is 5.08. The van der Waals surface area contributed by atoms with Crippen molar-refractivity contribution in [3.8, 4) is 0 Å². The Balaban J connectivity index is 1.70. The van der Waals surface area contributed by atoms with Crippen molar-refractivity contribution in [3.05, 3.63) is 29.8 Å². The van der Waals surface area contributed by atoms with E-state index in [0.29, 0.717) is 6.10 Å². The largest absolute Gasteiger partial charge is 0.378 e. The lowest BCUT2D eigenvalue weighted by atomic mass is 10.1. The molecule has 0 aromatic carbocycles. The fraction of sp³-hybridized carbons (Fsp3) is 0.643. The zero-order valence-corrected chi connectivity index (χ0v) is 10.9. The Morgan fingerprint density at radius 1 is 1.50 bits per heavy atom. The van der Waals surface area contributed by atoms with Crippen molar-refractivity contribution in [3.63, 3.8) is 0 Å². The van der Waals surface area contributed by atoms with Crippen LogP contribution in [-0.4, -0.2) is 24.2 Å². The Labute approximate surface area is 108 Å². The fourth-order valence-electron chi connectivity index (χ4n) is 2.24. The van der Waals surface area contributed by atoms with Crippen LogP contribution >= 0.6 is 0 Å². The molecule has 1 aromatic rings. The highest BCUT2D eigenvalue weighted by atomic mass is 19.1. The molecule has 0 aliphatic carbocycles. The molecule has 100 valence electrons. The van der Waals surface area contributed by atoms with Crippen molar-refractivity contribution in [1.29, 1.82) is 0 Å². The van der Waals surface area contributed by atoms with E-state index in [1.165, 1.54) is 31.5 Å². The van der Waals surface area contributed by atoms with Gasteiger partial charge in [-0.2, -0.15) is 0 Å². The highest BCUT2D eigenvalue weighted by Gasteiger charge is 2.14. The molecule has 2 unspecified atom stereocenters. The van der Waals surface area contributed by atoms with Gasteiger partial charge in [-0.1, -0.05) is 0 Å². The van der Waals surface area contributed by atoms with Crippen LogP contribution < -0.4 is 5.32 Å². The summed E-state index contributed by atoms with van der Waals surface area (Å²) in [6.45, 7) is 3.85. The van der Waals surface area contributed by atoms with E-state index in [1.807, 2.05) is 6.92 Å². The van der Waals surface area contributed by atoms with Crippen LogP contribution in [-0.2, 0) is 4.74 Å². The van der Waals surface area contributed by atoms with Crippen LogP contribution in [0.5, 0.6) is 0 Å². The van der Waals surface area contributed by atoms with Crippen molar-refractivity contribution >= 4 is 0 Å². The van der Waals surface area contributed by atoms with E-state index in [9.17, 15) is 4.39 Å². The maximum Gasteiger partial charge on any atom is 0.141 e. The van der Waals surface area contributed by atoms with Crippen molar-refractivity contribution in [2.45, 2.75) is 44.8 Å². The van der Waals surface area contributed by atoms with Gasteiger partial charge in [0.05, 0.1) is 18.0 Å². The van der Waals surface area contributed by atoms with Crippen LogP contribution in [0.2, 0.25) is 0 Å². The zero-order valence-electron chi connectivity index (χ0n) is 10.9. The van der Waals surface area contributed by atoms with Crippen molar-refractivity contribution in [2.75, 3.05) is 13.2 Å². The van der Waals surface area contributed by atoms with Crippen molar-refractivity contribution < 1.29 is 9.13 Å². The van der Waals surface area contributed by atoms with Gasteiger partial charge in [0.15, 0.2) is 0 Å². The number of pyridine rings is 1. The quantitative estimate of drug-likeness (QED) is 0.875. The number of aromatic nitrogens is 1. The maximum atomic E-state index is 12.7. The Bertz CT molecular complexity index is 349. The summed E-state index contributed by atoms with van der Waals surface area (Å²) in [5.41, 5.74) is 0.876. The molecular weight excluding hydrogens is 231 g/mol. The van der Waals surface area contributed by atoms with Gasteiger partial charge in [-0.25, -0.2) is 4.39 Å². The van der Waals surface area contributed by atoms with Gasteiger partial charge in [-0.3, -0.25) is 4.98 Å². The molecule has 1 N–H and O–H groups in total. The van der Waals surface area contributed by atoms with Crippen LogP contribution in [0.3, 0.4) is 0 Å². The maximum absolute atomic E-state index is 12.7. The number of nitrogens with one attached hydrogen (secondary N) is 1. The van der Waals surface area contributed by atoms with Gasteiger partial charge in [0.2, 0.25) is 0 Å². The highest BCUT2D eigenvalue weighted by Crippen LogP contribution is 2.16. The SMILES string of the molecule is CC(NCCC1CCCCO1)c1ccc(F)cn1. The van der Waals surface area contributed by atoms with Gasteiger partial charge in [-0.05, 0) is 51.3 Å². The third-order valence-electron chi connectivity index (χ3n) is 3.38. The van der Waals surface area contributed by atoms with Crippen LogP contribution in [0.15, 0.2) is 18.3 Å². The molecule has 2 heterocycles. The number of halogens is 1. The number of nitrogens with zero attached hydrogens (tertiary/aromatic N) is 1. The number of ether oxygens (including phenoxy) is 1. The zero-order chi connectivity index (χ0) is 12.8. The first kappa shape index (κ1) is 13.4. The lowest BCUT2D eigenvalue weighted by Gasteiger charge is -2.23. The van der Waals surface area contributed by atoms with E-state index in [-0.39, 0.29) is 11.9 Å². The molecule has 2 atom stereocenters. The first-order valence-electron chi connectivity index (χ1n) is 6.72. The van der Waals surface area contributed by atoms with E-state index in [2.05, 4.69) is 10.3 Å². The molecule has 0 saturated carbocycles. The fourth-order valence-corrected chi connectivity index (χ4v) is 2.24.